The van der Waals surface area contributed by atoms with Gasteiger partial charge in [0.2, 0.25) is 0 Å². The second-order valence-electron chi connectivity index (χ2n) is 3.00. The van der Waals surface area contributed by atoms with Crippen LogP contribution in [0.3, 0.4) is 0 Å². The molecule has 0 aliphatic rings. The average Bonchev–Trinajstić information content (AvgIpc) is 2.17. The molecule has 0 atom stereocenters. The van der Waals surface area contributed by atoms with Gasteiger partial charge in [0.05, 0.1) is 0 Å². The number of aliphatic carboxylic acids is 2. The van der Waals surface area contributed by atoms with Gasteiger partial charge in [-0.25, -0.2) is 4.79 Å². The molecule has 3 N–H and O–H groups in total. The smallest absolute Gasteiger partial charge is 0.370 e. The van der Waals surface area contributed by atoms with Gasteiger partial charge in [0, 0.05) is 0 Å². The first-order valence-electron chi connectivity index (χ1n) is 4.26. The summed E-state index contributed by atoms with van der Waals surface area (Å²) in [6, 6.07) is 0. The maximum absolute atomic E-state index is 11.0. The Morgan fingerprint density at radius 2 is 1.67 bits per heavy atom. The summed E-state index contributed by atoms with van der Waals surface area (Å²) < 4.78 is 0. The van der Waals surface area contributed by atoms with Crippen LogP contribution in [0.2, 0.25) is 0 Å². The van der Waals surface area contributed by atoms with E-state index in [1.807, 2.05) is 0 Å². The molecule has 0 aromatic heterocycles. The molecule has 0 aromatic carbocycles. The zero-order chi connectivity index (χ0) is 12.1. The Balaban J connectivity index is 5.17. The van der Waals surface area contributed by atoms with Crippen molar-refractivity contribution < 1.29 is 34.7 Å². The van der Waals surface area contributed by atoms with Gasteiger partial charge in [-0.2, -0.15) is 5.26 Å². The largest absolute Gasteiger partial charge is 0.480 e. The fourth-order valence-electron chi connectivity index (χ4n) is 1.10. The molecule has 86 valence electrons. The summed E-state index contributed by atoms with van der Waals surface area (Å²) in [4.78, 5) is 35.8. The van der Waals surface area contributed by atoms with Crippen molar-refractivity contribution in [2.75, 3.05) is 0 Å². The van der Waals surface area contributed by atoms with Crippen LogP contribution in [0.5, 0.6) is 0 Å². The van der Waals surface area contributed by atoms with Gasteiger partial charge in [0.25, 0.3) is 5.41 Å². The molecule has 0 fully saturated rings. The van der Waals surface area contributed by atoms with Crippen LogP contribution in [0.15, 0.2) is 0 Å². The van der Waals surface area contributed by atoms with Gasteiger partial charge < -0.3 is 10.2 Å². The molecule has 0 saturated carbocycles. The third-order valence-corrected chi connectivity index (χ3v) is 2.07. The van der Waals surface area contributed by atoms with Crippen LogP contribution >= 0.6 is 0 Å². The van der Waals surface area contributed by atoms with E-state index in [1.165, 1.54) is 0 Å². The number of carboxylic acid groups (broad SMARTS) is 2. The third kappa shape index (κ3) is 2.44. The standard InChI is InChI=1S/C8H12O7/c1-2-3-4-8(5(9)10,6(11)12)7(13)15-14/h14H,2-4H2,1H3,(H,9,10)(H,11,12). The summed E-state index contributed by atoms with van der Waals surface area (Å²) in [6.45, 7) is 1.71. The molecule has 0 aromatic rings. The predicted molar refractivity (Wildman–Crippen MR) is 46.0 cm³/mol. The normalized spacial score (nSPS) is 10.8. The van der Waals surface area contributed by atoms with Crippen LogP contribution in [0.4, 0.5) is 0 Å². The van der Waals surface area contributed by atoms with E-state index in [1.54, 1.807) is 6.92 Å². The summed E-state index contributed by atoms with van der Waals surface area (Å²) in [6.07, 6.45) is 0.308. The molecule has 0 amide bonds. The fourth-order valence-corrected chi connectivity index (χ4v) is 1.10. The molecular weight excluding hydrogens is 208 g/mol. The van der Waals surface area contributed by atoms with E-state index in [-0.39, 0.29) is 6.42 Å². The van der Waals surface area contributed by atoms with Crippen molar-refractivity contribution in [3.63, 3.8) is 0 Å². The van der Waals surface area contributed by atoms with Gasteiger partial charge in [-0.15, -0.1) is 0 Å². The molecule has 0 saturated heterocycles. The highest BCUT2D eigenvalue weighted by atomic mass is 17.1. The molecule has 7 heteroatoms. The van der Waals surface area contributed by atoms with Crippen molar-refractivity contribution in [3.8, 4) is 0 Å². The Bertz CT molecular complexity index is 256. The first-order chi connectivity index (χ1) is 6.93. The van der Waals surface area contributed by atoms with Gasteiger partial charge >= 0.3 is 17.9 Å². The summed E-state index contributed by atoms with van der Waals surface area (Å²) in [7, 11) is 0. The molecule has 0 aliphatic carbocycles. The summed E-state index contributed by atoms with van der Waals surface area (Å²) in [5.74, 6) is -5.37. The van der Waals surface area contributed by atoms with Crippen molar-refractivity contribution in [1.82, 2.24) is 0 Å². The van der Waals surface area contributed by atoms with Crippen molar-refractivity contribution in [3.05, 3.63) is 0 Å². The van der Waals surface area contributed by atoms with Crippen LogP contribution < -0.4 is 0 Å². The molecule has 0 heterocycles. The topological polar surface area (TPSA) is 121 Å². The summed E-state index contributed by atoms with van der Waals surface area (Å²) in [5.41, 5.74) is -2.72. The lowest BCUT2D eigenvalue weighted by Gasteiger charge is -2.20. The lowest BCUT2D eigenvalue weighted by Crippen LogP contribution is -2.47. The van der Waals surface area contributed by atoms with Gasteiger partial charge in [0.1, 0.15) is 0 Å². The first-order valence-corrected chi connectivity index (χ1v) is 4.26. The lowest BCUT2D eigenvalue weighted by molar-refractivity contribution is -0.246. The predicted octanol–water partition coefficient (Wildman–Crippen LogP) is 0.348. The number of carbonyl (C=O) groups excluding carboxylic acids is 1. The average molecular weight is 220 g/mol. The number of hydrogen-bond acceptors (Lipinski definition) is 5. The SMILES string of the molecule is CCCCC(C(=O)O)(C(=O)O)C(=O)OO. The van der Waals surface area contributed by atoms with Gasteiger partial charge in [-0.1, -0.05) is 19.8 Å². The molecule has 0 radical (unpaired) electrons. The van der Waals surface area contributed by atoms with Crippen LogP contribution in [0.25, 0.3) is 0 Å². The molecule has 15 heavy (non-hydrogen) atoms. The minimum atomic E-state index is -2.72. The maximum atomic E-state index is 11.0. The Labute approximate surface area is 85.2 Å². The maximum Gasteiger partial charge on any atom is 0.370 e. The Morgan fingerprint density at radius 1 is 1.20 bits per heavy atom. The zero-order valence-electron chi connectivity index (χ0n) is 8.10. The van der Waals surface area contributed by atoms with E-state index in [0.717, 1.165) is 0 Å². The summed E-state index contributed by atoms with van der Waals surface area (Å²) >= 11 is 0. The second kappa shape index (κ2) is 5.30. The quantitative estimate of drug-likeness (QED) is 0.335. The molecule has 7 nitrogen and oxygen atoms in total. The minimum absolute atomic E-state index is 0.216. The number of hydrogen-bond donors (Lipinski definition) is 3. The van der Waals surface area contributed by atoms with Gasteiger partial charge in [0.15, 0.2) is 0 Å². The number of unbranched alkanes of at least 4 members (excludes halogenated alkanes) is 1. The second-order valence-corrected chi connectivity index (χ2v) is 3.00. The van der Waals surface area contributed by atoms with Crippen LogP contribution in [0, 0.1) is 5.41 Å². The lowest BCUT2D eigenvalue weighted by atomic mass is 9.83. The minimum Gasteiger partial charge on any atom is -0.480 e. The highest BCUT2D eigenvalue weighted by molar-refractivity contribution is 6.16. The van der Waals surface area contributed by atoms with Crippen molar-refractivity contribution in [2.45, 2.75) is 26.2 Å². The highest BCUT2D eigenvalue weighted by Gasteiger charge is 2.55. The third-order valence-electron chi connectivity index (χ3n) is 2.07. The molecular formula is C8H12O7. The van der Waals surface area contributed by atoms with Crippen molar-refractivity contribution >= 4 is 17.9 Å². The van der Waals surface area contributed by atoms with E-state index < -0.39 is 29.7 Å². The zero-order valence-corrected chi connectivity index (χ0v) is 8.10. The molecule has 0 rings (SSSR count). The fraction of sp³-hybridized carbons (Fsp3) is 0.625. The monoisotopic (exact) mass is 220 g/mol. The molecule has 0 bridgehead atoms. The van der Waals surface area contributed by atoms with Gasteiger partial charge in [-0.3, -0.25) is 14.5 Å². The highest BCUT2D eigenvalue weighted by Crippen LogP contribution is 2.27. The number of rotatable bonds is 6. The molecule has 0 aliphatic heterocycles. The van der Waals surface area contributed by atoms with E-state index in [0.29, 0.717) is 6.42 Å². The van der Waals surface area contributed by atoms with Crippen LogP contribution in [-0.4, -0.2) is 33.4 Å². The van der Waals surface area contributed by atoms with E-state index >= 15 is 0 Å². The molecule has 0 spiro atoms. The van der Waals surface area contributed by atoms with E-state index in [2.05, 4.69) is 4.89 Å². The van der Waals surface area contributed by atoms with Gasteiger partial charge in [-0.05, 0) is 6.42 Å². The van der Waals surface area contributed by atoms with E-state index in [4.69, 9.17) is 15.5 Å². The Morgan fingerprint density at radius 3 is 1.93 bits per heavy atom. The molecule has 0 unspecified atom stereocenters. The Kier molecular flexibility index (Phi) is 4.72. The number of carboxylic acids is 2. The van der Waals surface area contributed by atoms with Crippen LogP contribution in [-0.2, 0) is 19.3 Å². The first kappa shape index (κ1) is 13.4. The van der Waals surface area contributed by atoms with Crippen molar-refractivity contribution in [1.29, 1.82) is 0 Å². The Hall–Kier alpha value is -1.63. The van der Waals surface area contributed by atoms with E-state index in [9.17, 15) is 14.4 Å². The summed E-state index contributed by atoms with van der Waals surface area (Å²) in [5, 5.41) is 25.6. The van der Waals surface area contributed by atoms with Crippen LogP contribution in [0.1, 0.15) is 26.2 Å². The van der Waals surface area contributed by atoms with Crippen molar-refractivity contribution in [2.24, 2.45) is 5.41 Å². The number of carbonyl (C=O) groups is 3.